The van der Waals surface area contributed by atoms with Crippen LogP contribution in [0.2, 0.25) is 0 Å². The van der Waals surface area contributed by atoms with E-state index in [4.69, 9.17) is 0 Å². The van der Waals surface area contributed by atoms with Crippen molar-refractivity contribution in [3.8, 4) is 0 Å². The number of carbonyl (C=O) groups excluding carboxylic acids is 1. The topological polar surface area (TPSA) is 90.5 Å². The molecule has 0 aromatic heterocycles. The number of hydrogen-bond donors (Lipinski definition) is 3. The molecule has 0 aliphatic carbocycles. The second kappa shape index (κ2) is 10.5. The zero-order valence-corrected chi connectivity index (χ0v) is 20.6. The van der Waals surface area contributed by atoms with Gasteiger partial charge in [-0.2, -0.15) is 0 Å². The number of anilines is 2. The fourth-order valence-corrected chi connectivity index (χ4v) is 5.46. The highest BCUT2D eigenvalue weighted by Gasteiger charge is 2.22. The third-order valence-corrected chi connectivity index (χ3v) is 7.44. The van der Waals surface area contributed by atoms with Gasteiger partial charge in [-0.1, -0.05) is 24.3 Å². The minimum atomic E-state index is -3.90. The Morgan fingerprint density at radius 2 is 1.80 bits per heavy atom. The number of rotatable bonds is 7. The molecule has 4 rings (SSSR count). The maximum atomic E-state index is 13.5. The SMILES string of the molecule is Cc1ccc(C)c(S(=O)(=O)Nc2cc(C(=O)NCc3cccc(F)c3)ccc2N2CCNCC2)c1. The minimum absolute atomic E-state index is 0.152. The van der Waals surface area contributed by atoms with Crippen LogP contribution in [0.1, 0.15) is 27.0 Å². The van der Waals surface area contributed by atoms with Gasteiger partial charge in [0, 0.05) is 38.3 Å². The number of carbonyl (C=O) groups is 1. The molecular formula is C26H29FN4O3S. The van der Waals surface area contributed by atoms with E-state index in [0.29, 0.717) is 41.2 Å². The summed E-state index contributed by atoms with van der Waals surface area (Å²) < 4.78 is 42.9. The number of nitrogens with zero attached hydrogens (tertiary/aromatic N) is 1. The van der Waals surface area contributed by atoms with Crippen LogP contribution in [0.25, 0.3) is 0 Å². The molecule has 3 N–H and O–H groups in total. The Hall–Kier alpha value is -3.43. The molecule has 0 unspecified atom stereocenters. The molecule has 9 heteroatoms. The maximum absolute atomic E-state index is 13.5. The third kappa shape index (κ3) is 5.98. The number of hydrogen-bond acceptors (Lipinski definition) is 5. The molecule has 0 bridgehead atoms. The predicted octanol–water partition coefficient (Wildman–Crippen LogP) is 3.58. The largest absolute Gasteiger partial charge is 0.367 e. The van der Waals surface area contributed by atoms with Gasteiger partial charge in [-0.15, -0.1) is 0 Å². The van der Waals surface area contributed by atoms with Gasteiger partial charge in [0.15, 0.2) is 0 Å². The van der Waals surface area contributed by atoms with Crippen molar-refractivity contribution < 1.29 is 17.6 Å². The summed E-state index contributed by atoms with van der Waals surface area (Å²) in [6.45, 7) is 6.72. The van der Waals surface area contributed by atoms with E-state index in [1.165, 1.54) is 12.1 Å². The van der Waals surface area contributed by atoms with Crippen LogP contribution >= 0.6 is 0 Å². The Morgan fingerprint density at radius 3 is 2.54 bits per heavy atom. The number of nitrogens with one attached hydrogen (secondary N) is 3. The molecule has 3 aromatic rings. The highest BCUT2D eigenvalue weighted by Crippen LogP contribution is 2.31. The molecule has 0 radical (unpaired) electrons. The van der Waals surface area contributed by atoms with Crippen molar-refractivity contribution in [2.75, 3.05) is 35.8 Å². The number of amides is 1. The Bertz CT molecular complexity index is 1340. The Labute approximate surface area is 205 Å². The van der Waals surface area contributed by atoms with Crippen LogP contribution in [0.5, 0.6) is 0 Å². The van der Waals surface area contributed by atoms with Gasteiger partial charge < -0.3 is 15.5 Å². The van der Waals surface area contributed by atoms with Crippen molar-refractivity contribution in [2.45, 2.75) is 25.3 Å². The first-order chi connectivity index (χ1) is 16.7. The van der Waals surface area contributed by atoms with Gasteiger partial charge in [0.25, 0.3) is 15.9 Å². The second-order valence-electron chi connectivity index (χ2n) is 8.66. The number of benzene rings is 3. The van der Waals surface area contributed by atoms with Crippen LogP contribution in [-0.2, 0) is 16.6 Å². The fraction of sp³-hybridized carbons (Fsp3) is 0.269. The molecule has 0 saturated carbocycles. The molecule has 1 heterocycles. The molecule has 1 amide bonds. The van der Waals surface area contributed by atoms with Crippen LogP contribution in [0.15, 0.2) is 65.6 Å². The molecule has 35 heavy (non-hydrogen) atoms. The minimum Gasteiger partial charge on any atom is -0.367 e. The summed E-state index contributed by atoms with van der Waals surface area (Å²) in [4.78, 5) is 15.2. The summed E-state index contributed by atoms with van der Waals surface area (Å²) >= 11 is 0. The lowest BCUT2D eigenvalue weighted by atomic mass is 10.1. The lowest BCUT2D eigenvalue weighted by Gasteiger charge is -2.31. The van der Waals surface area contributed by atoms with Gasteiger partial charge in [-0.25, -0.2) is 12.8 Å². The lowest BCUT2D eigenvalue weighted by molar-refractivity contribution is 0.0951. The molecule has 1 fully saturated rings. The Balaban J connectivity index is 1.64. The molecule has 184 valence electrons. The van der Waals surface area contributed by atoms with E-state index >= 15 is 0 Å². The average molecular weight is 497 g/mol. The van der Waals surface area contributed by atoms with Crippen molar-refractivity contribution in [1.82, 2.24) is 10.6 Å². The molecule has 3 aromatic carbocycles. The molecule has 0 atom stereocenters. The molecule has 1 aliphatic heterocycles. The van der Waals surface area contributed by atoms with Crippen LogP contribution < -0.4 is 20.3 Å². The van der Waals surface area contributed by atoms with E-state index in [1.807, 2.05) is 13.0 Å². The lowest BCUT2D eigenvalue weighted by Crippen LogP contribution is -2.43. The van der Waals surface area contributed by atoms with E-state index in [-0.39, 0.29) is 23.2 Å². The normalized spacial score (nSPS) is 14.0. The van der Waals surface area contributed by atoms with Crippen LogP contribution in [-0.4, -0.2) is 40.5 Å². The van der Waals surface area contributed by atoms with Crippen molar-refractivity contribution in [2.24, 2.45) is 0 Å². The molecule has 0 spiro atoms. The number of piperazine rings is 1. The zero-order chi connectivity index (χ0) is 25.0. The first-order valence-corrected chi connectivity index (χ1v) is 12.9. The van der Waals surface area contributed by atoms with E-state index in [2.05, 4.69) is 20.3 Å². The van der Waals surface area contributed by atoms with Crippen molar-refractivity contribution in [3.05, 3.63) is 88.7 Å². The Morgan fingerprint density at radius 1 is 1.03 bits per heavy atom. The smallest absolute Gasteiger partial charge is 0.262 e. The van der Waals surface area contributed by atoms with Gasteiger partial charge in [-0.05, 0) is 66.9 Å². The van der Waals surface area contributed by atoms with Crippen molar-refractivity contribution in [1.29, 1.82) is 0 Å². The van der Waals surface area contributed by atoms with Crippen LogP contribution in [0, 0.1) is 19.7 Å². The quantitative estimate of drug-likeness (QED) is 0.465. The highest BCUT2D eigenvalue weighted by molar-refractivity contribution is 7.92. The first-order valence-electron chi connectivity index (χ1n) is 11.5. The number of sulfonamides is 1. The molecule has 7 nitrogen and oxygen atoms in total. The summed E-state index contributed by atoms with van der Waals surface area (Å²) in [5, 5.41) is 6.06. The monoisotopic (exact) mass is 496 g/mol. The summed E-state index contributed by atoms with van der Waals surface area (Å²) in [5.74, 6) is -0.756. The van der Waals surface area contributed by atoms with Gasteiger partial charge in [0.2, 0.25) is 0 Å². The van der Waals surface area contributed by atoms with Gasteiger partial charge in [0.05, 0.1) is 16.3 Å². The number of halogens is 1. The summed E-state index contributed by atoms with van der Waals surface area (Å²) in [5.41, 5.74) is 3.46. The van der Waals surface area contributed by atoms with Gasteiger partial charge >= 0.3 is 0 Å². The maximum Gasteiger partial charge on any atom is 0.262 e. The van der Waals surface area contributed by atoms with E-state index < -0.39 is 10.0 Å². The third-order valence-electron chi connectivity index (χ3n) is 5.94. The van der Waals surface area contributed by atoms with E-state index in [0.717, 1.165) is 18.7 Å². The molecule has 1 saturated heterocycles. The summed E-state index contributed by atoms with van der Waals surface area (Å²) in [6.07, 6.45) is 0. The molecular weight excluding hydrogens is 467 g/mol. The van der Waals surface area contributed by atoms with Crippen LogP contribution in [0.3, 0.4) is 0 Å². The standard InChI is InChI=1S/C26H29FN4O3S/c1-18-6-7-19(2)25(14-18)35(33,34)30-23-16-21(8-9-24(23)31-12-10-28-11-13-31)26(32)29-17-20-4-3-5-22(27)15-20/h3-9,14-16,28,30H,10-13,17H2,1-2H3,(H,29,32). The zero-order valence-electron chi connectivity index (χ0n) is 19.8. The van der Waals surface area contributed by atoms with Crippen LogP contribution in [0.4, 0.5) is 15.8 Å². The van der Waals surface area contributed by atoms with Crippen molar-refractivity contribution >= 4 is 27.3 Å². The predicted molar refractivity (Wildman–Crippen MR) is 136 cm³/mol. The highest BCUT2D eigenvalue weighted by atomic mass is 32.2. The van der Waals surface area contributed by atoms with Gasteiger partial charge in [-0.3, -0.25) is 9.52 Å². The summed E-state index contributed by atoms with van der Waals surface area (Å²) in [7, 11) is -3.90. The van der Waals surface area contributed by atoms with Crippen molar-refractivity contribution in [3.63, 3.8) is 0 Å². The second-order valence-corrected chi connectivity index (χ2v) is 10.3. The first kappa shape index (κ1) is 24.7. The van der Waals surface area contributed by atoms with Gasteiger partial charge in [0.1, 0.15) is 5.82 Å². The van der Waals surface area contributed by atoms with E-state index in [9.17, 15) is 17.6 Å². The number of aryl methyl sites for hydroxylation is 2. The summed E-state index contributed by atoms with van der Waals surface area (Å²) in [6, 6.07) is 16.3. The fourth-order valence-electron chi connectivity index (χ4n) is 4.07. The average Bonchev–Trinajstić information content (AvgIpc) is 2.84. The molecule has 1 aliphatic rings. The Kier molecular flexibility index (Phi) is 7.37. The van der Waals surface area contributed by atoms with E-state index in [1.54, 1.807) is 49.4 Å².